The number of aromatic amines is 1. The summed E-state index contributed by atoms with van der Waals surface area (Å²) >= 11 is 5.93. The summed E-state index contributed by atoms with van der Waals surface area (Å²) in [6.07, 6.45) is 1.35. The third-order valence-electron chi connectivity index (χ3n) is 3.64. The summed E-state index contributed by atoms with van der Waals surface area (Å²) in [6, 6.07) is 14.7. The zero-order valence-corrected chi connectivity index (χ0v) is 13.2. The summed E-state index contributed by atoms with van der Waals surface area (Å²) in [6.45, 7) is 0. The molecule has 1 heterocycles. The van der Waals surface area contributed by atoms with Crippen LogP contribution in [0.1, 0.15) is 22.0 Å². The minimum Gasteiger partial charge on any atom is -0.332 e. The Morgan fingerprint density at radius 1 is 1.17 bits per heavy atom. The van der Waals surface area contributed by atoms with Crippen LogP contribution >= 0.6 is 11.6 Å². The molecule has 0 spiro atoms. The van der Waals surface area contributed by atoms with Gasteiger partial charge in [-0.05, 0) is 23.8 Å². The van der Waals surface area contributed by atoms with Gasteiger partial charge in [-0.25, -0.2) is 0 Å². The number of H-pyrrole nitrogens is 1. The van der Waals surface area contributed by atoms with Gasteiger partial charge in [0.2, 0.25) is 0 Å². The van der Waals surface area contributed by atoms with Gasteiger partial charge in [0.05, 0.1) is 11.6 Å². The maximum Gasteiger partial charge on any atom is 0.255 e. The third kappa shape index (κ3) is 3.00. The van der Waals surface area contributed by atoms with Crippen molar-refractivity contribution in [1.29, 1.82) is 5.26 Å². The maximum absolute atomic E-state index is 12.6. The van der Waals surface area contributed by atoms with E-state index in [4.69, 9.17) is 11.6 Å². The molecule has 1 atom stereocenters. The molecule has 0 bridgehead atoms. The number of nitrogens with zero attached hydrogens (tertiary/aromatic N) is 1. The molecule has 118 valence electrons. The molecule has 1 amide bonds. The molecule has 1 aromatic heterocycles. The minimum atomic E-state index is -0.845. The van der Waals surface area contributed by atoms with Gasteiger partial charge in [-0.3, -0.25) is 9.59 Å². The van der Waals surface area contributed by atoms with Crippen LogP contribution in [0.15, 0.2) is 59.5 Å². The van der Waals surface area contributed by atoms with E-state index in [9.17, 15) is 14.9 Å². The highest BCUT2D eigenvalue weighted by molar-refractivity contribution is 6.30. The fraction of sp³-hybridized carbons (Fsp3) is 0.0556. The van der Waals surface area contributed by atoms with E-state index in [1.807, 2.05) is 6.07 Å². The molecule has 0 aliphatic carbocycles. The van der Waals surface area contributed by atoms with E-state index in [0.29, 0.717) is 26.9 Å². The van der Waals surface area contributed by atoms with Gasteiger partial charge < -0.3 is 10.3 Å². The zero-order valence-electron chi connectivity index (χ0n) is 12.4. The number of hydrogen-bond donors (Lipinski definition) is 2. The Morgan fingerprint density at radius 3 is 2.62 bits per heavy atom. The molecule has 5 nitrogen and oxygen atoms in total. The lowest BCUT2D eigenvalue weighted by atomic mass is 10.1. The fourth-order valence-corrected chi connectivity index (χ4v) is 2.68. The van der Waals surface area contributed by atoms with E-state index in [1.165, 1.54) is 6.20 Å². The summed E-state index contributed by atoms with van der Waals surface area (Å²) < 4.78 is 0. The molecule has 0 saturated carbocycles. The van der Waals surface area contributed by atoms with Crippen molar-refractivity contribution in [2.24, 2.45) is 0 Å². The van der Waals surface area contributed by atoms with Crippen molar-refractivity contribution >= 4 is 28.3 Å². The van der Waals surface area contributed by atoms with Crippen LogP contribution in [-0.2, 0) is 0 Å². The van der Waals surface area contributed by atoms with Crippen molar-refractivity contribution in [3.05, 3.63) is 81.2 Å². The van der Waals surface area contributed by atoms with Crippen molar-refractivity contribution in [3.63, 3.8) is 0 Å². The molecule has 0 radical (unpaired) electrons. The van der Waals surface area contributed by atoms with Crippen LogP contribution in [0.5, 0.6) is 0 Å². The first-order chi connectivity index (χ1) is 11.6. The van der Waals surface area contributed by atoms with Crippen LogP contribution in [0, 0.1) is 11.3 Å². The van der Waals surface area contributed by atoms with Crippen LogP contribution < -0.4 is 10.9 Å². The smallest absolute Gasteiger partial charge is 0.255 e. The van der Waals surface area contributed by atoms with Gasteiger partial charge in [0.1, 0.15) is 6.04 Å². The van der Waals surface area contributed by atoms with E-state index in [0.717, 1.165) is 0 Å². The lowest BCUT2D eigenvalue weighted by Crippen LogP contribution is -2.28. The van der Waals surface area contributed by atoms with Crippen LogP contribution in [0.2, 0.25) is 5.02 Å². The largest absolute Gasteiger partial charge is 0.332 e. The van der Waals surface area contributed by atoms with Crippen molar-refractivity contribution < 1.29 is 4.79 Å². The van der Waals surface area contributed by atoms with Crippen molar-refractivity contribution in [2.45, 2.75) is 6.04 Å². The Balaban J connectivity index is 1.97. The molecule has 3 aromatic rings. The Kier molecular flexibility index (Phi) is 4.32. The Labute approximate surface area is 142 Å². The molecule has 2 aromatic carbocycles. The van der Waals surface area contributed by atoms with E-state index < -0.39 is 11.9 Å². The molecule has 2 N–H and O–H groups in total. The van der Waals surface area contributed by atoms with Gasteiger partial charge in [-0.2, -0.15) is 5.26 Å². The lowest BCUT2D eigenvalue weighted by Gasteiger charge is -2.13. The van der Waals surface area contributed by atoms with Gasteiger partial charge >= 0.3 is 0 Å². The number of halogens is 1. The topological polar surface area (TPSA) is 85.8 Å². The standard InChI is InChI=1S/C18H12ClN3O2/c19-12-5-3-4-11(8-12)16(9-20)22-18(24)15-10-21-17(23)14-7-2-1-6-13(14)15/h1-8,10,16H,(H,21,23)(H,22,24). The molecule has 0 fully saturated rings. The quantitative estimate of drug-likeness (QED) is 0.769. The maximum atomic E-state index is 12.6. The van der Waals surface area contributed by atoms with Gasteiger partial charge in [0.15, 0.2) is 0 Å². The SMILES string of the molecule is N#CC(NC(=O)c1c[nH]c(=O)c2ccccc12)c1cccc(Cl)c1. The van der Waals surface area contributed by atoms with E-state index >= 15 is 0 Å². The van der Waals surface area contributed by atoms with E-state index in [1.54, 1.807) is 48.5 Å². The second kappa shape index (κ2) is 6.57. The number of rotatable bonds is 3. The number of amides is 1. The second-order valence-electron chi connectivity index (χ2n) is 5.17. The number of hydrogen-bond acceptors (Lipinski definition) is 3. The number of nitrogens with one attached hydrogen (secondary N) is 2. The first-order valence-electron chi connectivity index (χ1n) is 7.16. The first kappa shape index (κ1) is 15.8. The van der Waals surface area contributed by atoms with Gasteiger partial charge in [-0.15, -0.1) is 0 Å². The minimum absolute atomic E-state index is 0.270. The van der Waals surface area contributed by atoms with E-state index in [-0.39, 0.29) is 5.56 Å². The number of aromatic nitrogens is 1. The van der Waals surface area contributed by atoms with Crippen molar-refractivity contribution in [1.82, 2.24) is 10.3 Å². The molecule has 6 heteroatoms. The first-order valence-corrected chi connectivity index (χ1v) is 7.54. The fourth-order valence-electron chi connectivity index (χ4n) is 2.48. The monoisotopic (exact) mass is 337 g/mol. The second-order valence-corrected chi connectivity index (χ2v) is 5.60. The molecular formula is C18H12ClN3O2. The number of nitriles is 1. The highest BCUT2D eigenvalue weighted by Crippen LogP contribution is 2.19. The number of benzene rings is 2. The Morgan fingerprint density at radius 2 is 1.92 bits per heavy atom. The number of carbonyl (C=O) groups is 1. The third-order valence-corrected chi connectivity index (χ3v) is 3.88. The Bertz CT molecular complexity index is 1020. The molecule has 0 saturated heterocycles. The summed E-state index contributed by atoms with van der Waals surface area (Å²) in [5.74, 6) is -0.450. The molecule has 24 heavy (non-hydrogen) atoms. The molecular weight excluding hydrogens is 326 g/mol. The summed E-state index contributed by atoms with van der Waals surface area (Å²) in [4.78, 5) is 27.0. The molecule has 3 rings (SSSR count). The van der Waals surface area contributed by atoms with Crippen LogP contribution in [0.4, 0.5) is 0 Å². The molecule has 1 unspecified atom stereocenters. The number of pyridine rings is 1. The normalized spacial score (nSPS) is 11.7. The summed E-state index contributed by atoms with van der Waals surface area (Å²) in [7, 11) is 0. The number of carbonyl (C=O) groups excluding carboxylic acids is 1. The predicted octanol–water partition coefficient (Wildman–Crippen LogP) is 3.18. The number of fused-ring (bicyclic) bond motifs is 1. The Hall–Kier alpha value is -3.10. The molecule has 0 aliphatic heterocycles. The van der Waals surface area contributed by atoms with Gasteiger partial charge in [0, 0.05) is 22.0 Å². The highest BCUT2D eigenvalue weighted by atomic mass is 35.5. The van der Waals surface area contributed by atoms with Crippen LogP contribution in [0.3, 0.4) is 0 Å². The average Bonchev–Trinajstić information content (AvgIpc) is 2.60. The van der Waals surface area contributed by atoms with Crippen LogP contribution in [0.25, 0.3) is 10.8 Å². The summed E-state index contributed by atoms with van der Waals surface area (Å²) in [5, 5.41) is 13.4. The summed E-state index contributed by atoms with van der Waals surface area (Å²) in [5.41, 5.74) is 0.619. The highest BCUT2D eigenvalue weighted by Gasteiger charge is 2.18. The average molecular weight is 338 g/mol. The zero-order chi connectivity index (χ0) is 17.1. The van der Waals surface area contributed by atoms with Crippen LogP contribution in [-0.4, -0.2) is 10.9 Å². The van der Waals surface area contributed by atoms with Gasteiger partial charge in [-0.1, -0.05) is 41.9 Å². The van der Waals surface area contributed by atoms with Gasteiger partial charge in [0.25, 0.3) is 11.5 Å². The van der Waals surface area contributed by atoms with Crippen molar-refractivity contribution in [2.75, 3.05) is 0 Å². The lowest BCUT2D eigenvalue weighted by molar-refractivity contribution is 0.0946. The van der Waals surface area contributed by atoms with Crippen molar-refractivity contribution in [3.8, 4) is 6.07 Å². The predicted molar refractivity (Wildman–Crippen MR) is 91.8 cm³/mol. The molecule has 0 aliphatic rings. The van der Waals surface area contributed by atoms with E-state index in [2.05, 4.69) is 10.3 Å².